The van der Waals surface area contributed by atoms with E-state index in [1.165, 1.54) is 6.08 Å². The van der Waals surface area contributed by atoms with Crippen LogP contribution in [0.3, 0.4) is 0 Å². The zero-order valence-electron chi connectivity index (χ0n) is 21.9. The van der Waals surface area contributed by atoms with Crippen LogP contribution in [0.1, 0.15) is 52.9 Å². The standard InChI is InChI=1S/C28H31ClO10/c1-22-10-17-24(3)28-18(22)19(32)27(39-28,36-11-14(22)20(33)37-17)13-9-16(31)25(29)7-4-5-15(30)23(25,2)12(13)6-8-26(28,35)21(34)38-24/h4-5,12-14,16-18,31,35H,6-11H2,1-3H3/t12-,13+,14-,16+,17+,18-,22+,23-,24-,25-,26-,27+,28-/m0/s1. The van der Waals surface area contributed by atoms with Gasteiger partial charge in [0.05, 0.1) is 34.8 Å². The minimum Gasteiger partial charge on any atom is -0.458 e. The van der Waals surface area contributed by atoms with Gasteiger partial charge in [0.1, 0.15) is 6.10 Å². The van der Waals surface area contributed by atoms with Gasteiger partial charge in [0, 0.05) is 5.92 Å². The molecule has 3 aliphatic carbocycles. The maximum absolute atomic E-state index is 14.9. The molecule has 5 heterocycles. The second kappa shape index (κ2) is 6.62. The largest absolute Gasteiger partial charge is 0.458 e. The fourth-order valence-corrected chi connectivity index (χ4v) is 10.9. The van der Waals surface area contributed by atoms with Crippen LogP contribution in [0.2, 0.25) is 0 Å². The van der Waals surface area contributed by atoms with Crippen molar-refractivity contribution in [1.82, 2.24) is 0 Å². The van der Waals surface area contributed by atoms with Crippen molar-refractivity contribution >= 4 is 35.1 Å². The van der Waals surface area contributed by atoms with Crippen LogP contribution in [0.15, 0.2) is 12.2 Å². The summed E-state index contributed by atoms with van der Waals surface area (Å²) in [5.41, 5.74) is -8.24. The van der Waals surface area contributed by atoms with Crippen LogP contribution in [0.25, 0.3) is 0 Å². The molecular weight excluding hydrogens is 532 g/mol. The Kier molecular flexibility index (Phi) is 4.23. The summed E-state index contributed by atoms with van der Waals surface area (Å²) in [6, 6.07) is 0. The first-order chi connectivity index (χ1) is 18.2. The van der Waals surface area contributed by atoms with Crippen LogP contribution in [-0.2, 0) is 38.1 Å². The van der Waals surface area contributed by atoms with Crippen molar-refractivity contribution in [3.63, 3.8) is 0 Å². The van der Waals surface area contributed by atoms with E-state index in [0.29, 0.717) is 0 Å². The number of aliphatic hydroxyl groups excluding tert-OH is 1. The van der Waals surface area contributed by atoms with Crippen molar-refractivity contribution in [2.24, 2.45) is 34.5 Å². The van der Waals surface area contributed by atoms with Gasteiger partial charge < -0.3 is 29.2 Å². The Morgan fingerprint density at radius 2 is 1.85 bits per heavy atom. The number of hydrogen-bond donors (Lipinski definition) is 2. The van der Waals surface area contributed by atoms with Gasteiger partial charge in [-0.1, -0.05) is 19.9 Å². The summed E-state index contributed by atoms with van der Waals surface area (Å²) in [7, 11) is 0. The average molecular weight is 563 g/mol. The molecule has 0 aromatic heterocycles. The van der Waals surface area contributed by atoms with E-state index >= 15 is 0 Å². The first kappa shape index (κ1) is 24.9. The maximum atomic E-state index is 14.9. The molecule has 5 saturated heterocycles. The SMILES string of the molecule is C[C@@]12C[C@H]3OC(=O)[C@@H]1CO[C@]14O[C@@]5([C@H]2C1=O)[C@@]3(C)OC(=O)[C@@]5(O)CC[C@H]1[C@H]4C[C@@H](O)[C@@]2(Cl)CC=CC(=O)[C@]12C. The van der Waals surface area contributed by atoms with Crippen molar-refractivity contribution in [2.45, 2.75) is 92.5 Å². The maximum Gasteiger partial charge on any atom is 0.342 e. The first-order valence-corrected chi connectivity index (χ1v) is 14.2. The Balaban J connectivity index is 1.43. The molecule has 11 heteroatoms. The summed E-state index contributed by atoms with van der Waals surface area (Å²) in [4.78, 5) is 54.3. The molecular formula is C28H31ClO10. The Labute approximate surface area is 229 Å². The molecule has 0 aromatic carbocycles. The molecule has 13 atom stereocenters. The van der Waals surface area contributed by atoms with E-state index in [-0.39, 0.29) is 44.5 Å². The smallest absolute Gasteiger partial charge is 0.342 e. The number of alkyl halides is 1. The minimum atomic E-state index is -2.28. The quantitative estimate of drug-likeness (QED) is 0.323. The van der Waals surface area contributed by atoms with Gasteiger partial charge in [0.2, 0.25) is 5.79 Å². The summed E-state index contributed by atoms with van der Waals surface area (Å²) in [6.45, 7) is 4.87. The second-order valence-corrected chi connectivity index (χ2v) is 14.4. The van der Waals surface area contributed by atoms with Gasteiger partial charge in [-0.2, -0.15) is 0 Å². The van der Waals surface area contributed by atoms with Crippen molar-refractivity contribution in [3.05, 3.63) is 12.2 Å². The monoisotopic (exact) mass is 562 g/mol. The third kappa shape index (κ3) is 2.15. The number of allylic oxidation sites excluding steroid dienone is 2. The third-order valence-corrected chi connectivity index (χ3v) is 13.4. The lowest BCUT2D eigenvalue weighted by atomic mass is 9.46. The van der Waals surface area contributed by atoms with Crippen molar-refractivity contribution in [1.29, 1.82) is 0 Å². The number of rotatable bonds is 0. The van der Waals surface area contributed by atoms with E-state index in [2.05, 4.69) is 0 Å². The van der Waals surface area contributed by atoms with Crippen LogP contribution in [0.4, 0.5) is 0 Å². The van der Waals surface area contributed by atoms with Crippen LogP contribution < -0.4 is 0 Å². The molecule has 5 bridgehead atoms. The molecule has 7 fully saturated rings. The predicted octanol–water partition coefficient (Wildman–Crippen LogP) is 0.969. The van der Waals surface area contributed by atoms with Gasteiger partial charge in [0.15, 0.2) is 28.4 Å². The molecule has 0 aromatic rings. The van der Waals surface area contributed by atoms with E-state index in [1.807, 2.05) is 0 Å². The number of carbonyl (C=O) groups is 4. The number of esters is 2. The van der Waals surface area contributed by atoms with E-state index < -0.39 is 91.9 Å². The zero-order chi connectivity index (χ0) is 27.8. The average Bonchev–Trinajstić information content (AvgIpc) is 3.19. The van der Waals surface area contributed by atoms with Crippen LogP contribution in [-0.4, -0.2) is 80.0 Å². The second-order valence-electron chi connectivity index (χ2n) is 13.7. The van der Waals surface area contributed by atoms with E-state index in [1.54, 1.807) is 26.8 Å². The van der Waals surface area contributed by atoms with Gasteiger partial charge in [-0.25, -0.2) is 4.79 Å². The number of fused-ring (bicyclic) bond motifs is 5. The van der Waals surface area contributed by atoms with Gasteiger partial charge in [-0.05, 0) is 56.4 Å². The van der Waals surface area contributed by atoms with Gasteiger partial charge >= 0.3 is 11.9 Å². The lowest BCUT2D eigenvalue weighted by Crippen LogP contribution is -2.79. The normalized spacial score (nSPS) is 62.0. The van der Waals surface area contributed by atoms with Gasteiger partial charge in [-0.3, -0.25) is 14.4 Å². The van der Waals surface area contributed by atoms with Crippen LogP contribution in [0.5, 0.6) is 0 Å². The molecule has 8 rings (SSSR count). The highest BCUT2D eigenvalue weighted by Crippen LogP contribution is 2.75. The highest BCUT2D eigenvalue weighted by molar-refractivity contribution is 6.28. The molecule has 39 heavy (non-hydrogen) atoms. The molecule has 10 nitrogen and oxygen atoms in total. The number of hydrogen-bond acceptors (Lipinski definition) is 10. The molecule has 0 unspecified atom stereocenters. The number of ether oxygens (including phenoxy) is 4. The molecule has 2 saturated carbocycles. The van der Waals surface area contributed by atoms with E-state index in [0.717, 1.165) is 0 Å². The summed E-state index contributed by atoms with van der Waals surface area (Å²) < 4.78 is 25.0. The predicted molar refractivity (Wildman–Crippen MR) is 129 cm³/mol. The molecule has 210 valence electrons. The summed E-state index contributed by atoms with van der Waals surface area (Å²) in [5, 5.41) is 24.0. The minimum absolute atomic E-state index is 0.00137. The fraction of sp³-hybridized carbons (Fsp3) is 0.786. The number of carbonyl (C=O) groups excluding carboxylic acids is 4. The molecule has 5 aliphatic heterocycles. The number of halogens is 1. The molecule has 0 amide bonds. The van der Waals surface area contributed by atoms with E-state index in [9.17, 15) is 29.4 Å². The summed E-state index contributed by atoms with van der Waals surface area (Å²) >= 11 is 7.12. The fourth-order valence-electron chi connectivity index (χ4n) is 10.5. The first-order valence-electron chi connectivity index (χ1n) is 13.8. The van der Waals surface area contributed by atoms with Crippen LogP contribution >= 0.6 is 11.6 Å². The number of ketones is 2. The Morgan fingerprint density at radius 1 is 1.10 bits per heavy atom. The lowest BCUT2D eigenvalue weighted by Gasteiger charge is -2.64. The van der Waals surface area contributed by atoms with Crippen LogP contribution in [0, 0.1) is 34.5 Å². The molecule has 0 radical (unpaired) electrons. The van der Waals surface area contributed by atoms with E-state index in [4.69, 9.17) is 30.5 Å². The summed E-state index contributed by atoms with van der Waals surface area (Å²) in [6.07, 6.45) is 1.39. The van der Waals surface area contributed by atoms with Gasteiger partial charge in [-0.15, -0.1) is 11.6 Å². The summed E-state index contributed by atoms with van der Waals surface area (Å²) in [5.74, 6) is -7.85. The van der Waals surface area contributed by atoms with Gasteiger partial charge in [0.25, 0.3) is 0 Å². The van der Waals surface area contributed by atoms with Crippen molar-refractivity contribution < 1.29 is 48.3 Å². The van der Waals surface area contributed by atoms with Crippen molar-refractivity contribution in [2.75, 3.05) is 6.61 Å². The van der Waals surface area contributed by atoms with Crippen molar-refractivity contribution in [3.8, 4) is 0 Å². The Morgan fingerprint density at radius 3 is 2.59 bits per heavy atom. The topological polar surface area (TPSA) is 146 Å². The number of aliphatic hydroxyl groups is 2. The molecule has 8 aliphatic rings. The molecule has 2 N–H and O–H groups in total. The number of Topliss-reactive ketones (excluding diaryl/α,β-unsaturated/α-hetero) is 1. The highest BCUT2D eigenvalue weighted by atomic mass is 35.5. The Bertz CT molecular complexity index is 1330. The highest BCUT2D eigenvalue weighted by Gasteiger charge is 2.93. The zero-order valence-corrected chi connectivity index (χ0v) is 22.7. The Hall–Kier alpha value is -1.85. The third-order valence-electron chi connectivity index (χ3n) is 12.6. The lowest BCUT2D eigenvalue weighted by molar-refractivity contribution is -0.378. The molecule has 2 spiro atoms.